The maximum Gasteiger partial charge on any atom is 0.125 e. The second-order valence-electron chi connectivity index (χ2n) is 5.49. The van der Waals surface area contributed by atoms with Gasteiger partial charge >= 0.3 is 0 Å². The Morgan fingerprint density at radius 2 is 2.19 bits per heavy atom. The summed E-state index contributed by atoms with van der Waals surface area (Å²) in [5.41, 5.74) is 8.15. The summed E-state index contributed by atoms with van der Waals surface area (Å²) in [6.07, 6.45) is 2.37. The smallest absolute Gasteiger partial charge is 0.125 e. The Hall–Kier alpha value is -0.940. The van der Waals surface area contributed by atoms with Gasteiger partial charge in [-0.05, 0) is 59.0 Å². The van der Waals surface area contributed by atoms with Crippen LogP contribution in [0.5, 0.6) is 0 Å². The van der Waals surface area contributed by atoms with Gasteiger partial charge in [0.25, 0.3) is 0 Å². The van der Waals surface area contributed by atoms with Crippen LogP contribution in [0, 0.1) is 5.82 Å². The van der Waals surface area contributed by atoms with Crippen molar-refractivity contribution < 1.29 is 4.39 Å². The highest BCUT2D eigenvalue weighted by Crippen LogP contribution is 2.36. The number of nitrogens with two attached hydrogens (primary N) is 1. The van der Waals surface area contributed by atoms with Crippen molar-refractivity contribution in [3.63, 3.8) is 0 Å². The van der Waals surface area contributed by atoms with Crippen LogP contribution in [0.1, 0.15) is 30.0 Å². The van der Waals surface area contributed by atoms with Crippen molar-refractivity contribution in [3.05, 3.63) is 57.0 Å². The highest BCUT2D eigenvalue weighted by atomic mass is 35.5. The fourth-order valence-corrected chi connectivity index (χ4v) is 3.61. The SMILES string of the molecule is NCC(c1cc(F)cc(Cl)c1)N(Cc1ccsc1)C1CC1. The Bertz CT molecular complexity index is 578. The fourth-order valence-electron chi connectivity index (χ4n) is 2.72. The first-order valence-corrected chi connectivity index (χ1v) is 8.42. The van der Waals surface area contributed by atoms with E-state index in [9.17, 15) is 4.39 Å². The standard InChI is InChI=1S/C16H18ClFN2S/c17-13-5-12(6-14(18)7-13)16(8-19)20(15-1-2-15)9-11-3-4-21-10-11/h3-7,10,15-16H,1-2,8-9,19H2. The average molecular weight is 325 g/mol. The average Bonchev–Trinajstić information content (AvgIpc) is 3.15. The van der Waals surface area contributed by atoms with Gasteiger partial charge in [-0.3, -0.25) is 4.90 Å². The van der Waals surface area contributed by atoms with E-state index in [1.807, 2.05) is 6.07 Å². The van der Waals surface area contributed by atoms with Gasteiger partial charge < -0.3 is 5.73 Å². The molecule has 1 aromatic carbocycles. The van der Waals surface area contributed by atoms with E-state index in [2.05, 4.69) is 21.7 Å². The second-order valence-corrected chi connectivity index (χ2v) is 6.71. The molecule has 0 bridgehead atoms. The summed E-state index contributed by atoms with van der Waals surface area (Å²) in [5, 5.41) is 4.66. The largest absolute Gasteiger partial charge is 0.329 e. The molecule has 0 amide bonds. The van der Waals surface area contributed by atoms with Crippen LogP contribution in [0.25, 0.3) is 0 Å². The zero-order chi connectivity index (χ0) is 14.8. The van der Waals surface area contributed by atoms with E-state index >= 15 is 0 Å². The summed E-state index contributed by atoms with van der Waals surface area (Å²) in [5.74, 6) is -0.303. The van der Waals surface area contributed by atoms with Gasteiger partial charge in [-0.25, -0.2) is 4.39 Å². The molecule has 3 rings (SSSR count). The molecule has 1 atom stereocenters. The number of halogens is 2. The van der Waals surface area contributed by atoms with Crippen molar-refractivity contribution in [2.24, 2.45) is 5.73 Å². The minimum atomic E-state index is -0.303. The molecule has 1 heterocycles. The highest BCUT2D eigenvalue weighted by molar-refractivity contribution is 7.07. The Morgan fingerprint density at radius 1 is 1.38 bits per heavy atom. The minimum Gasteiger partial charge on any atom is -0.329 e. The van der Waals surface area contributed by atoms with Gasteiger partial charge in [0, 0.05) is 30.2 Å². The molecule has 21 heavy (non-hydrogen) atoms. The molecule has 112 valence electrons. The predicted octanol–water partition coefficient (Wildman–Crippen LogP) is 4.21. The summed E-state index contributed by atoms with van der Waals surface area (Å²) in [4.78, 5) is 2.38. The predicted molar refractivity (Wildman–Crippen MR) is 86.1 cm³/mol. The number of rotatable bonds is 6. The zero-order valence-electron chi connectivity index (χ0n) is 11.6. The summed E-state index contributed by atoms with van der Waals surface area (Å²) < 4.78 is 13.6. The van der Waals surface area contributed by atoms with Gasteiger partial charge in [-0.2, -0.15) is 11.3 Å². The molecule has 0 spiro atoms. The Balaban J connectivity index is 1.87. The number of nitrogens with zero attached hydrogens (tertiary/aromatic N) is 1. The van der Waals surface area contributed by atoms with Gasteiger partial charge in [-0.1, -0.05) is 11.6 Å². The lowest BCUT2D eigenvalue weighted by Crippen LogP contribution is -2.35. The minimum absolute atomic E-state index is 0.00519. The van der Waals surface area contributed by atoms with E-state index in [-0.39, 0.29) is 11.9 Å². The topological polar surface area (TPSA) is 29.3 Å². The van der Waals surface area contributed by atoms with Gasteiger partial charge in [0.15, 0.2) is 0 Å². The molecule has 1 aromatic heterocycles. The molecule has 0 radical (unpaired) electrons. The van der Waals surface area contributed by atoms with Crippen molar-refractivity contribution in [1.29, 1.82) is 0 Å². The molecule has 0 aliphatic heterocycles. The fraction of sp³-hybridized carbons (Fsp3) is 0.375. The van der Waals surface area contributed by atoms with Crippen LogP contribution in [0.2, 0.25) is 5.02 Å². The number of benzene rings is 1. The van der Waals surface area contributed by atoms with E-state index in [4.69, 9.17) is 17.3 Å². The summed E-state index contributed by atoms with van der Waals surface area (Å²) in [6, 6.07) is 7.38. The normalized spacial score (nSPS) is 16.4. The third kappa shape index (κ3) is 3.64. The van der Waals surface area contributed by atoms with Crippen molar-refractivity contribution in [1.82, 2.24) is 4.90 Å². The van der Waals surface area contributed by atoms with Crippen LogP contribution in [-0.2, 0) is 6.54 Å². The quantitative estimate of drug-likeness (QED) is 0.862. The van der Waals surface area contributed by atoms with E-state index in [1.54, 1.807) is 17.4 Å². The van der Waals surface area contributed by atoms with Crippen LogP contribution in [0.15, 0.2) is 35.0 Å². The maximum absolute atomic E-state index is 13.6. The van der Waals surface area contributed by atoms with Crippen molar-refractivity contribution in [3.8, 4) is 0 Å². The van der Waals surface area contributed by atoms with E-state index in [0.717, 1.165) is 12.1 Å². The first-order chi connectivity index (χ1) is 10.2. The zero-order valence-corrected chi connectivity index (χ0v) is 13.2. The monoisotopic (exact) mass is 324 g/mol. The molecule has 5 heteroatoms. The van der Waals surface area contributed by atoms with E-state index in [0.29, 0.717) is 17.6 Å². The first kappa shape index (κ1) is 15.0. The summed E-state index contributed by atoms with van der Waals surface area (Å²) in [6.45, 7) is 1.31. The molecular formula is C16H18ClFN2S. The van der Waals surface area contributed by atoms with Crippen LogP contribution in [0.3, 0.4) is 0 Å². The van der Waals surface area contributed by atoms with Gasteiger partial charge in [0.05, 0.1) is 0 Å². The maximum atomic E-state index is 13.6. The van der Waals surface area contributed by atoms with E-state index < -0.39 is 0 Å². The summed E-state index contributed by atoms with van der Waals surface area (Å²) >= 11 is 7.69. The third-order valence-electron chi connectivity index (χ3n) is 3.85. The van der Waals surface area contributed by atoms with Gasteiger partial charge in [-0.15, -0.1) is 0 Å². The number of thiophene rings is 1. The summed E-state index contributed by atoms with van der Waals surface area (Å²) in [7, 11) is 0. The van der Waals surface area contributed by atoms with Crippen LogP contribution < -0.4 is 5.73 Å². The molecule has 1 fully saturated rings. The van der Waals surface area contributed by atoms with Gasteiger partial charge in [0.2, 0.25) is 0 Å². The molecule has 1 saturated carbocycles. The lowest BCUT2D eigenvalue weighted by Gasteiger charge is -2.31. The number of hydrogen-bond acceptors (Lipinski definition) is 3. The van der Waals surface area contributed by atoms with Crippen molar-refractivity contribution >= 4 is 22.9 Å². The van der Waals surface area contributed by atoms with Crippen LogP contribution in [-0.4, -0.2) is 17.5 Å². The highest BCUT2D eigenvalue weighted by Gasteiger charge is 2.34. The Morgan fingerprint density at radius 3 is 2.76 bits per heavy atom. The van der Waals surface area contributed by atoms with Crippen LogP contribution >= 0.6 is 22.9 Å². The van der Waals surface area contributed by atoms with Crippen LogP contribution in [0.4, 0.5) is 4.39 Å². The Kier molecular flexibility index (Phi) is 4.60. The molecular weight excluding hydrogens is 307 g/mol. The molecule has 1 aliphatic rings. The molecule has 2 N–H and O–H groups in total. The van der Waals surface area contributed by atoms with Gasteiger partial charge in [0.1, 0.15) is 5.82 Å². The third-order valence-corrected chi connectivity index (χ3v) is 4.80. The first-order valence-electron chi connectivity index (χ1n) is 7.10. The molecule has 1 unspecified atom stereocenters. The molecule has 0 saturated heterocycles. The van der Waals surface area contributed by atoms with Crippen molar-refractivity contribution in [2.45, 2.75) is 31.5 Å². The lowest BCUT2D eigenvalue weighted by molar-refractivity contribution is 0.182. The number of hydrogen-bond donors (Lipinski definition) is 1. The Labute approximate surface area is 133 Å². The lowest BCUT2D eigenvalue weighted by atomic mass is 10.0. The second kappa shape index (κ2) is 6.44. The molecule has 2 aromatic rings. The van der Waals surface area contributed by atoms with E-state index in [1.165, 1.54) is 24.5 Å². The van der Waals surface area contributed by atoms with Crippen molar-refractivity contribution in [2.75, 3.05) is 6.54 Å². The molecule has 1 aliphatic carbocycles. The molecule has 2 nitrogen and oxygen atoms in total.